The number of nitro groups is 1. The minimum Gasteiger partial charge on any atom is -0.461 e. The van der Waals surface area contributed by atoms with Crippen molar-refractivity contribution in [3.63, 3.8) is 0 Å². The Kier molecular flexibility index (Phi) is 4.40. The van der Waals surface area contributed by atoms with Crippen LogP contribution in [0.4, 0.5) is 11.5 Å². The highest BCUT2D eigenvalue weighted by Gasteiger charge is 2.16. The van der Waals surface area contributed by atoms with Crippen molar-refractivity contribution in [1.29, 1.82) is 0 Å². The van der Waals surface area contributed by atoms with E-state index in [1.54, 1.807) is 7.11 Å². The molecule has 0 fully saturated rings. The lowest BCUT2D eigenvalue weighted by Crippen LogP contribution is -2.08. The van der Waals surface area contributed by atoms with Crippen LogP contribution in [0.15, 0.2) is 6.20 Å². The summed E-state index contributed by atoms with van der Waals surface area (Å²) in [5.74, 6) is 0.118. The van der Waals surface area contributed by atoms with E-state index in [-0.39, 0.29) is 24.1 Å². The number of hydrogen-bond donors (Lipinski definition) is 1. The third-order valence-electron chi connectivity index (χ3n) is 1.70. The fourth-order valence-electron chi connectivity index (χ4n) is 0.963. The van der Waals surface area contributed by atoms with E-state index >= 15 is 0 Å². The molecule has 88 valence electrons. The zero-order valence-corrected chi connectivity index (χ0v) is 8.97. The fraction of sp³-hybridized carbons (Fsp3) is 0.500. The second-order valence-electron chi connectivity index (χ2n) is 2.73. The van der Waals surface area contributed by atoms with E-state index in [0.717, 1.165) is 6.20 Å². The summed E-state index contributed by atoms with van der Waals surface area (Å²) in [6.07, 6.45) is 1.10. The van der Waals surface area contributed by atoms with Crippen molar-refractivity contribution < 1.29 is 14.4 Å². The minimum absolute atomic E-state index is 0.0759. The lowest BCUT2D eigenvalue weighted by Gasteiger charge is -2.05. The molecule has 16 heavy (non-hydrogen) atoms. The summed E-state index contributed by atoms with van der Waals surface area (Å²) in [6.45, 7) is 0.687. The van der Waals surface area contributed by atoms with Crippen molar-refractivity contribution in [2.75, 3.05) is 32.7 Å². The molecule has 0 radical (unpaired) electrons. The number of methoxy groups -OCH3 is 1. The van der Waals surface area contributed by atoms with Gasteiger partial charge in [0.05, 0.1) is 11.5 Å². The van der Waals surface area contributed by atoms with Crippen LogP contribution in [0.3, 0.4) is 0 Å². The Morgan fingerprint density at radius 1 is 1.56 bits per heavy atom. The lowest BCUT2D eigenvalue weighted by atomic mass is 10.5. The standard InChI is InChI=1S/C8H12N4O4/c1-9-7-6(12(13)14)5-10-8(11-7)16-4-3-15-2/h5H,3-4H2,1-2H3,(H,9,10,11). The van der Waals surface area contributed by atoms with E-state index in [1.165, 1.54) is 7.05 Å². The highest BCUT2D eigenvalue weighted by Crippen LogP contribution is 2.21. The molecule has 0 saturated heterocycles. The van der Waals surface area contributed by atoms with Crippen LogP contribution in [-0.4, -0.2) is 42.3 Å². The molecule has 0 bridgehead atoms. The average molecular weight is 228 g/mol. The summed E-state index contributed by atoms with van der Waals surface area (Å²) in [5.41, 5.74) is -0.193. The molecule has 8 nitrogen and oxygen atoms in total. The SMILES string of the molecule is CNc1nc(OCCOC)ncc1[N+](=O)[O-]. The molecule has 1 rings (SSSR count). The molecule has 1 heterocycles. The number of rotatable bonds is 6. The summed E-state index contributed by atoms with van der Waals surface area (Å²) < 4.78 is 9.89. The maximum atomic E-state index is 10.6. The third kappa shape index (κ3) is 3.02. The van der Waals surface area contributed by atoms with Gasteiger partial charge in [0.25, 0.3) is 0 Å². The van der Waals surface area contributed by atoms with E-state index < -0.39 is 4.92 Å². The van der Waals surface area contributed by atoms with Gasteiger partial charge in [-0.25, -0.2) is 0 Å². The maximum Gasteiger partial charge on any atom is 0.329 e. The Balaban J connectivity index is 2.78. The van der Waals surface area contributed by atoms with Crippen LogP contribution in [0.5, 0.6) is 6.01 Å². The molecule has 8 heteroatoms. The Bertz CT molecular complexity index is 371. The Morgan fingerprint density at radius 2 is 2.31 bits per heavy atom. The third-order valence-corrected chi connectivity index (χ3v) is 1.70. The van der Waals surface area contributed by atoms with E-state index in [9.17, 15) is 10.1 Å². The monoisotopic (exact) mass is 228 g/mol. The first-order valence-electron chi connectivity index (χ1n) is 4.50. The van der Waals surface area contributed by atoms with Crippen molar-refractivity contribution in [3.8, 4) is 6.01 Å². The number of ether oxygens (including phenoxy) is 2. The molecule has 0 aromatic carbocycles. The highest BCUT2D eigenvalue weighted by atomic mass is 16.6. The van der Waals surface area contributed by atoms with Crippen LogP contribution in [0.2, 0.25) is 0 Å². The van der Waals surface area contributed by atoms with Crippen molar-refractivity contribution in [2.24, 2.45) is 0 Å². The number of hydrogen-bond acceptors (Lipinski definition) is 7. The molecule has 0 saturated carbocycles. The van der Waals surface area contributed by atoms with Crippen LogP contribution >= 0.6 is 0 Å². The van der Waals surface area contributed by atoms with Crippen LogP contribution < -0.4 is 10.1 Å². The minimum atomic E-state index is -0.565. The summed E-state index contributed by atoms with van der Waals surface area (Å²) in [5, 5.41) is 13.2. The van der Waals surface area contributed by atoms with Crippen molar-refractivity contribution in [3.05, 3.63) is 16.3 Å². The first-order chi connectivity index (χ1) is 7.69. The largest absolute Gasteiger partial charge is 0.461 e. The van der Waals surface area contributed by atoms with Gasteiger partial charge < -0.3 is 14.8 Å². The lowest BCUT2D eigenvalue weighted by molar-refractivity contribution is -0.384. The molecule has 0 amide bonds. The fourth-order valence-corrected chi connectivity index (χ4v) is 0.963. The van der Waals surface area contributed by atoms with Gasteiger partial charge in [0.2, 0.25) is 5.82 Å². The molecule has 0 aliphatic heterocycles. The predicted molar refractivity (Wildman–Crippen MR) is 55.6 cm³/mol. The first kappa shape index (κ1) is 12.1. The summed E-state index contributed by atoms with van der Waals surface area (Å²) in [4.78, 5) is 17.6. The Hall–Kier alpha value is -1.96. The smallest absolute Gasteiger partial charge is 0.329 e. The summed E-state index contributed by atoms with van der Waals surface area (Å²) in [7, 11) is 3.08. The van der Waals surface area contributed by atoms with Gasteiger partial charge in [0.15, 0.2) is 0 Å². The average Bonchev–Trinajstić information content (AvgIpc) is 2.29. The molecule has 1 N–H and O–H groups in total. The van der Waals surface area contributed by atoms with Crippen LogP contribution in [0.1, 0.15) is 0 Å². The number of nitrogens with one attached hydrogen (secondary N) is 1. The van der Waals surface area contributed by atoms with Gasteiger partial charge in [-0.3, -0.25) is 10.1 Å². The van der Waals surface area contributed by atoms with E-state index in [0.29, 0.717) is 6.61 Å². The molecule has 1 aromatic rings. The van der Waals surface area contributed by atoms with E-state index in [4.69, 9.17) is 9.47 Å². The number of anilines is 1. The highest BCUT2D eigenvalue weighted by molar-refractivity contribution is 5.54. The van der Waals surface area contributed by atoms with E-state index in [2.05, 4.69) is 15.3 Å². The van der Waals surface area contributed by atoms with Gasteiger partial charge in [-0.2, -0.15) is 9.97 Å². The Morgan fingerprint density at radius 3 is 2.88 bits per heavy atom. The molecular weight excluding hydrogens is 216 g/mol. The van der Waals surface area contributed by atoms with Gasteiger partial charge in [0.1, 0.15) is 12.8 Å². The van der Waals surface area contributed by atoms with Crippen LogP contribution in [0.25, 0.3) is 0 Å². The van der Waals surface area contributed by atoms with Gasteiger partial charge in [-0.1, -0.05) is 0 Å². The van der Waals surface area contributed by atoms with Crippen LogP contribution in [0, 0.1) is 10.1 Å². The first-order valence-corrected chi connectivity index (χ1v) is 4.50. The second-order valence-corrected chi connectivity index (χ2v) is 2.73. The van der Waals surface area contributed by atoms with Gasteiger partial charge in [-0.15, -0.1) is 0 Å². The van der Waals surface area contributed by atoms with Crippen molar-refractivity contribution >= 4 is 11.5 Å². The molecule has 0 spiro atoms. The number of aromatic nitrogens is 2. The topological polar surface area (TPSA) is 99.4 Å². The Labute approximate surface area is 91.8 Å². The predicted octanol–water partition coefficient (Wildman–Crippen LogP) is 0.452. The molecule has 0 aliphatic carbocycles. The normalized spacial score (nSPS) is 9.88. The van der Waals surface area contributed by atoms with Crippen LogP contribution in [-0.2, 0) is 4.74 Å². The van der Waals surface area contributed by atoms with Crippen molar-refractivity contribution in [1.82, 2.24) is 9.97 Å². The summed E-state index contributed by atoms with van der Waals surface area (Å²) in [6, 6.07) is 0.0759. The molecule has 0 aliphatic rings. The van der Waals surface area contributed by atoms with Gasteiger partial charge >= 0.3 is 11.7 Å². The van der Waals surface area contributed by atoms with Gasteiger partial charge in [-0.05, 0) is 0 Å². The van der Waals surface area contributed by atoms with E-state index in [1.807, 2.05) is 0 Å². The second kappa shape index (κ2) is 5.81. The number of nitrogens with zero attached hydrogens (tertiary/aromatic N) is 3. The van der Waals surface area contributed by atoms with Gasteiger partial charge in [0, 0.05) is 14.2 Å². The zero-order chi connectivity index (χ0) is 12.0. The maximum absolute atomic E-state index is 10.6. The summed E-state index contributed by atoms with van der Waals surface area (Å²) >= 11 is 0. The zero-order valence-electron chi connectivity index (χ0n) is 8.97. The molecule has 0 unspecified atom stereocenters. The molecule has 0 atom stereocenters. The molecule has 1 aromatic heterocycles. The molecular formula is C8H12N4O4. The quantitative estimate of drug-likeness (QED) is 0.428. The van der Waals surface area contributed by atoms with Crippen molar-refractivity contribution in [2.45, 2.75) is 0 Å².